The zero-order valence-corrected chi connectivity index (χ0v) is 14.1. The molecule has 0 fully saturated rings. The van der Waals surface area contributed by atoms with Gasteiger partial charge in [-0.3, -0.25) is 4.79 Å². The summed E-state index contributed by atoms with van der Waals surface area (Å²) in [5.41, 5.74) is 0.761. The SMILES string of the molecule is CCCCCCCCCCNC(=O)c1csc(Br)c1. The number of carbonyl (C=O) groups is 1. The number of nitrogens with one attached hydrogen (secondary N) is 1. The number of unbranched alkanes of at least 4 members (excludes halogenated alkanes) is 7. The number of halogens is 1. The predicted molar refractivity (Wildman–Crippen MR) is 87.0 cm³/mol. The lowest BCUT2D eigenvalue weighted by molar-refractivity contribution is 0.0953. The van der Waals surface area contributed by atoms with E-state index in [0.29, 0.717) is 0 Å². The van der Waals surface area contributed by atoms with Crippen LogP contribution in [0.5, 0.6) is 0 Å². The lowest BCUT2D eigenvalue weighted by Gasteiger charge is -2.04. The van der Waals surface area contributed by atoms with Crippen molar-refractivity contribution in [1.82, 2.24) is 5.32 Å². The van der Waals surface area contributed by atoms with Crippen LogP contribution in [-0.2, 0) is 0 Å². The number of hydrogen-bond acceptors (Lipinski definition) is 2. The minimum absolute atomic E-state index is 0.0462. The molecule has 4 heteroatoms. The zero-order valence-electron chi connectivity index (χ0n) is 11.7. The quantitative estimate of drug-likeness (QED) is 0.566. The van der Waals surface area contributed by atoms with Crippen LogP contribution in [-0.4, -0.2) is 12.5 Å². The van der Waals surface area contributed by atoms with E-state index in [1.54, 1.807) is 11.3 Å². The number of rotatable bonds is 10. The monoisotopic (exact) mass is 345 g/mol. The molecule has 0 aliphatic rings. The summed E-state index contributed by atoms with van der Waals surface area (Å²) in [6, 6.07) is 1.87. The number of amides is 1. The van der Waals surface area contributed by atoms with Crippen LogP contribution < -0.4 is 5.32 Å². The highest BCUT2D eigenvalue weighted by Gasteiger charge is 2.06. The van der Waals surface area contributed by atoms with Crippen LogP contribution in [0, 0.1) is 0 Å². The summed E-state index contributed by atoms with van der Waals surface area (Å²) in [7, 11) is 0. The van der Waals surface area contributed by atoms with Crippen molar-refractivity contribution >= 4 is 33.2 Å². The van der Waals surface area contributed by atoms with E-state index < -0.39 is 0 Å². The highest BCUT2D eigenvalue weighted by Crippen LogP contribution is 2.20. The maximum atomic E-state index is 11.7. The lowest BCUT2D eigenvalue weighted by Crippen LogP contribution is -2.23. The van der Waals surface area contributed by atoms with Gasteiger partial charge in [0.05, 0.1) is 9.35 Å². The number of hydrogen-bond donors (Lipinski definition) is 1. The van der Waals surface area contributed by atoms with E-state index in [1.807, 2.05) is 11.4 Å². The average molecular weight is 346 g/mol. The Morgan fingerprint density at radius 2 is 1.79 bits per heavy atom. The van der Waals surface area contributed by atoms with Gasteiger partial charge in [-0.25, -0.2) is 0 Å². The molecular weight excluding hydrogens is 322 g/mol. The fraction of sp³-hybridized carbons (Fsp3) is 0.667. The molecule has 1 rings (SSSR count). The standard InChI is InChI=1S/C15H24BrNOS/c1-2-3-4-5-6-7-8-9-10-17-15(18)13-11-14(16)19-12-13/h11-12H,2-10H2,1H3,(H,17,18). The molecule has 1 aromatic rings. The van der Waals surface area contributed by atoms with Crippen LogP contribution in [0.3, 0.4) is 0 Å². The molecule has 1 aromatic heterocycles. The van der Waals surface area contributed by atoms with Crippen molar-refractivity contribution in [2.45, 2.75) is 58.3 Å². The van der Waals surface area contributed by atoms with Crippen LogP contribution >= 0.6 is 27.3 Å². The summed E-state index contributed by atoms with van der Waals surface area (Å²) < 4.78 is 1.00. The molecule has 0 saturated carbocycles. The highest BCUT2D eigenvalue weighted by atomic mass is 79.9. The Kier molecular flexibility index (Phi) is 9.18. The van der Waals surface area contributed by atoms with Gasteiger partial charge in [-0.15, -0.1) is 11.3 Å². The first-order chi connectivity index (χ1) is 9.24. The van der Waals surface area contributed by atoms with Crippen LogP contribution in [0.15, 0.2) is 15.2 Å². The minimum atomic E-state index is 0.0462. The second-order valence-electron chi connectivity index (χ2n) is 4.87. The van der Waals surface area contributed by atoms with Crippen LogP contribution in [0.4, 0.5) is 0 Å². The van der Waals surface area contributed by atoms with Gasteiger partial charge in [-0.05, 0) is 28.4 Å². The van der Waals surface area contributed by atoms with E-state index in [9.17, 15) is 4.79 Å². The van der Waals surface area contributed by atoms with Crippen molar-refractivity contribution in [3.8, 4) is 0 Å². The van der Waals surface area contributed by atoms with Gasteiger partial charge in [0.15, 0.2) is 0 Å². The maximum Gasteiger partial charge on any atom is 0.252 e. The molecule has 0 unspecified atom stereocenters. The summed E-state index contributed by atoms with van der Waals surface area (Å²) in [6.45, 7) is 3.04. The van der Waals surface area contributed by atoms with Crippen molar-refractivity contribution in [2.75, 3.05) is 6.54 Å². The van der Waals surface area contributed by atoms with Crippen molar-refractivity contribution in [2.24, 2.45) is 0 Å². The van der Waals surface area contributed by atoms with Gasteiger partial charge < -0.3 is 5.32 Å². The Balaban J connectivity index is 1.95. The molecule has 0 aromatic carbocycles. The van der Waals surface area contributed by atoms with Gasteiger partial charge in [0.2, 0.25) is 0 Å². The van der Waals surface area contributed by atoms with E-state index in [4.69, 9.17) is 0 Å². The molecule has 108 valence electrons. The first kappa shape index (κ1) is 16.7. The summed E-state index contributed by atoms with van der Waals surface area (Å²) in [6.07, 6.45) is 10.4. The molecule has 0 spiro atoms. The molecule has 2 nitrogen and oxygen atoms in total. The normalized spacial score (nSPS) is 10.6. The van der Waals surface area contributed by atoms with Crippen LogP contribution in [0.1, 0.15) is 68.6 Å². The summed E-state index contributed by atoms with van der Waals surface area (Å²) in [4.78, 5) is 11.7. The molecule has 0 aliphatic heterocycles. The van der Waals surface area contributed by atoms with E-state index in [-0.39, 0.29) is 5.91 Å². The zero-order chi connectivity index (χ0) is 13.9. The van der Waals surface area contributed by atoms with Gasteiger partial charge in [-0.2, -0.15) is 0 Å². The van der Waals surface area contributed by atoms with Crippen molar-refractivity contribution in [1.29, 1.82) is 0 Å². The fourth-order valence-electron chi connectivity index (χ4n) is 1.99. The second kappa shape index (κ2) is 10.4. The lowest BCUT2D eigenvalue weighted by atomic mass is 10.1. The molecule has 0 atom stereocenters. The summed E-state index contributed by atoms with van der Waals surface area (Å²) >= 11 is 4.91. The minimum Gasteiger partial charge on any atom is -0.352 e. The summed E-state index contributed by atoms with van der Waals surface area (Å²) in [5.74, 6) is 0.0462. The molecule has 1 N–H and O–H groups in total. The third-order valence-corrected chi connectivity index (χ3v) is 4.65. The molecule has 1 heterocycles. The van der Waals surface area contributed by atoms with E-state index in [1.165, 1.54) is 44.9 Å². The third-order valence-electron chi connectivity index (χ3n) is 3.15. The molecule has 0 saturated heterocycles. The third kappa shape index (κ3) is 7.73. The topological polar surface area (TPSA) is 29.1 Å². The molecule has 0 bridgehead atoms. The molecule has 1 amide bonds. The molecular formula is C15H24BrNOS. The van der Waals surface area contributed by atoms with Crippen molar-refractivity contribution in [3.63, 3.8) is 0 Å². The Hall–Kier alpha value is -0.350. The van der Waals surface area contributed by atoms with Gasteiger partial charge in [0, 0.05) is 11.9 Å². The largest absolute Gasteiger partial charge is 0.352 e. The number of thiophene rings is 1. The molecule has 0 aliphatic carbocycles. The van der Waals surface area contributed by atoms with Crippen molar-refractivity contribution < 1.29 is 4.79 Å². The second-order valence-corrected chi connectivity index (χ2v) is 7.16. The Morgan fingerprint density at radius 1 is 1.16 bits per heavy atom. The smallest absolute Gasteiger partial charge is 0.252 e. The van der Waals surface area contributed by atoms with E-state index >= 15 is 0 Å². The first-order valence-electron chi connectivity index (χ1n) is 7.26. The van der Waals surface area contributed by atoms with E-state index in [2.05, 4.69) is 28.2 Å². The van der Waals surface area contributed by atoms with Crippen LogP contribution in [0.2, 0.25) is 0 Å². The Labute approximate surface area is 129 Å². The number of carbonyl (C=O) groups excluding carboxylic acids is 1. The van der Waals surface area contributed by atoms with E-state index in [0.717, 1.165) is 22.3 Å². The summed E-state index contributed by atoms with van der Waals surface area (Å²) in [5, 5.41) is 4.85. The highest BCUT2D eigenvalue weighted by molar-refractivity contribution is 9.11. The van der Waals surface area contributed by atoms with Gasteiger partial charge in [-0.1, -0.05) is 51.9 Å². The van der Waals surface area contributed by atoms with Crippen molar-refractivity contribution in [3.05, 3.63) is 20.8 Å². The van der Waals surface area contributed by atoms with Crippen LogP contribution in [0.25, 0.3) is 0 Å². The fourth-order valence-corrected chi connectivity index (χ4v) is 3.13. The molecule has 0 radical (unpaired) electrons. The Morgan fingerprint density at radius 3 is 2.37 bits per heavy atom. The van der Waals surface area contributed by atoms with Gasteiger partial charge in [0.25, 0.3) is 5.91 Å². The Bertz CT molecular complexity index is 365. The van der Waals surface area contributed by atoms with Gasteiger partial charge >= 0.3 is 0 Å². The maximum absolute atomic E-state index is 11.7. The average Bonchev–Trinajstić information content (AvgIpc) is 2.83. The van der Waals surface area contributed by atoms with Gasteiger partial charge in [0.1, 0.15) is 0 Å². The first-order valence-corrected chi connectivity index (χ1v) is 8.93. The predicted octanol–water partition coefficient (Wildman–Crippen LogP) is 5.38. The molecule has 19 heavy (non-hydrogen) atoms.